The molecular formula is C15H11BrClNOS. The summed E-state index contributed by atoms with van der Waals surface area (Å²) in [5.74, 6) is 2.08. The van der Waals surface area contributed by atoms with Crippen molar-refractivity contribution in [3.8, 4) is 17.6 Å². The van der Waals surface area contributed by atoms with Crippen LogP contribution in [0.4, 0.5) is 0 Å². The number of nitrogens with zero attached hydrogens (tertiary/aromatic N) is 1. The molecule has 0 fully saturated rings. The Kier molecular flexibility index (Phi) is 5.36. The Morgan fingerprint density at radius 1 is 1.30 bits per heavy atom. The van der Waals surface area contributed by atoms with Crippen LogP contribution in [0.1, 0.15) is 12.5 Å². The molecule has 0 heterocycles. The van der Waals surface area contributed by atoms with Crippen molar-refractivity contribution in [3.63, 3.8) is 0 Å². The Bertz CT molecular complexity index is 669. The number of hydrogen-bond donors (Lipinski definition) is 0. The third-order valence-corrected chi connectivity index (χ3v) is 4.31. The molecule has 0 N–H and O–H groups in total. The first kappa shape index (κ1) is 15.2. The first-order chi connectivity index (χ1) is 9.65. The highest BCUT2D eigenvalue weighted by Gasteiger charge is 2.11. The van der Waals surface area contributed by atoms with Gasteiger partial charge in [0, 0.05) is 9.92 Å². The lowest BCUT2D eigenvalue weighted by molar-refractivity contribution is 0.476. The van der Waals surface area contributed by atoms with E-state index in [1.807, 2.05) is 12.1 Å². The van der Waals surface area contributed by atoms with Crippen molar-refractivity contribution in [1.82, 2.24) is 0 Å². The number of ether oxygens (including phenoxy) is 1. The number of nitriles is 1. The van der Waals surface area contributed by atoms with E-state index in [4.69, 9.17) is 16.3 Å². The third kappa shape index (κ3) is 3.49. The van der Waals surface area contributed by atoms with Crippen LogP contribution in [0.2, 0.25) is 5.02 Å². The summed E-state index contributed by atoms with van der Waals surface area (Å²) in [5, 5.41) is 9.97. The first-order valence-electron chi connectivity index (χ1n) is 5.94. The largest absolute Gasteiger partial charge is 0.455 e. The van der Waals surface area contributed by atoms with Crippen LogP contribution in [0.5, 0.6) is 11.5 Å². The summed E-state index contributed by atoms with van der Waals surface area (Å²) in [6.45, 7) is 2.05. The highest BCUT2D eigenvalue weighted by molar-refractivity contribution is 9.10. The number of halogens is 2. The van der Waals surface area contributed by atoms with E-state index in [2.05, 4.69) is 28.9 Å². The van der Waals surface area contributed by atoms with E-state index >= 15 is 0 Å². The van der Waals surface area contributed by atoms with Crippen molar-refractivity contribution < 1.29 is 4.74 Å². The predicted molar refractivity (Wildman–Crippen MR) is 86.8 cm³/mol. The van der Waals surface area contributed by atoms with Gasteiger partial charge in [-0.15, -0.1) is 11.8 Å². The molecule has 0 saturated carbocycles. The fraction of sp³-hybridized carbons (Fsp3) is 0.133. The van der Waals surface area contributed by atoms with Gasteiger partial charge in [-0.2, -0.15) is 5.26 Å². The lowest BCUT2D eigenvalue weighted by Crippen LogP contribution is -1.91. The second-order valence-corrected chi connectivity index (χ2v) is 6.45. The summed E-state index contributed by atoms with van der Waals surface area (Å²) < 4.78 is 6.58. The van der Waals surface area contributed by atoms with E-state index in [1.54, 1.807) is 36.0 Å². The van der Waals surface area contributed by atoms with E-state index in [1.165, 1.54) is 0 Å². The molecule has 0 aromatic heterocycles. The van der Waals surface area contributed by atoms with Crippen LogP contribution in [-0.2, 0) is 0 Å². The topological polar surface area (TPSA) is 33.0 Å². The summed E-state index contributed by atoms with van der Waals surface area (Å²) in [6.07, 6.45) is 0. The number of hydrogen-bond acceptors (Lipinski definition) is 3. The number of rotatable bonds is 4. The van der Waals surface area contributed by atoms with Crippen LogP contribution < -0.4 is 4.74 Å². The zero-order valence-electron chi connectivity index (χ0n) is 10.7. The van der Waals surface area contributed by atoms with Crippen LogP contribution in [0.3, 0.4) is 0 Å². The maximum Gasteiger partial charge on any atom is 0.146 e. The summed E-state index contributed by atoms with van der Waals surface area (Å²) in [6, 6.07) is 13.1. The Hall–Kier alpha value is -1.15. The van der Waals surface area contributed by atoms with Crippen LogP contribution in [0.25, 0.3) is 0 Å². The van der Waals surface area contributed by atoms with E-state index in [0.717, 1.165) is 15.1 Å². The van der Waals surface area contributed by atoms with E-state index < -0.39 is 0 Å². The molecule has 5 heteroatoms. The van der Waals surface area contributed by atoms with Gasteiger partial charge in [-0.05, 0) is 52.0 Å². The fourth-order valence-electron chi connectivity index (χ4n) is 1.66. The zero-order valence-corrected chi connectivity index (χ0v) is 13.8. The molecule has 0 amide bonds. The van der Waals surface area contributed by atoms with Crippen LogP contribution in [0, 0.1) is 11.3 Å². The van der Waals surface area contributed by atoms with Gasteiger partial charge in [0.25, 0.3) is 0 Å². The van der Waals surface area contributed by atoms with Gasteiger partial charge in [-0.1, -0.05) is 24.6 Å². The van der Waals surface area contributed by atoms with Crippen molar-refractivity contribution in [3.05, 3.63) is 51.5 Å². The van der Waals surface area contributed by atoms with Crippen molar-refractivity contribution in [2.45, 2.75) is 11.8 Å². The van der Waals surface area contributed by atoms with Crippen molar-refractivity contribution in [2.75, 3.05) is 5.75 Å². The fourth-order valence-corrected chi connectivity index (χ4v) is 3.20. The molecule has 2 aromatic rings. The molecule has 0 aliphatic heterocycles. The molecule has 0 aliphatic rings. The quantitative estimate of drug-likeness (QED) is 0.632. The number of benzene rings is 2. The van der Waals surface area contributed by atoms with Gasteiger partial charge < -0.3 is 4.74 Å². The van der Waals surface area contributed by atoms with Gasteiger partial charge in [0.15, 0.2) is 0 Å². The van der Waals surface area contributed by atoms with Gasteiger partial charge in [-0.3, -0.25) is 0 Å². The lowest BCUT2D eigenvalue weighted by Gasteiger charge is -2.11. The normalized spacial score (nSPS) is 10.1. The lowest BCUT2D eigenvalue weighted by atomic mass is 10.2. The third-order valence-electron chi connectivity index (χ3n) is 2.51. The molecule has 0 spiro atoms. The Labute approximate surface area is 135 Å². The second-order valence-electron chi connectivity index (χ2n) is 3.85. The summed E-state index contributed by atoms with van der Waals surface area (Å²) in [7, 11) is 0. The molecule has 2 aromatic carbocycles. The van der Waals surface area contributed by atoms with Crippen molar-refractivity contribution >= 4 is 39.3 Å². The molecule has 0 bridgehead atoms. The summed E-state index contributed by atoms with van der Waals surface area (Å²) in [4.78, 5) is 0.928. The maximum atomic E-state index is 9.34. The highest BCUT2D eigenvalue weighted by Crippen LogP contribution is 2.36. The monoisotopic (exact) mass is 367 g/mol. The molecule has 0 aliphatic carbocycles. The Morgan fingerprint density at radius 3 is 2.75 bits per heavy atom. The molecule has 0 atom stereocenters. The molecule has 102 valence electrons. The smallest absolute Gasteiger partial charge is 0.146 e. The molecule has 2 rings (SSSR count). The van der Waals surface area contributed by atoms with Crippen LogP contribution in [-0.4, -0.2) is 5.75 Å². The molecule has 20 heavy (non-hydrogen) atoms. The van der Waals surface area contributed by atoms with E-state index in [9.17, 15) is 5.26 Å². The minimum atomic E-state index is 0.550. The van der Waals surface area contributed by atoms with Gasteiger partial charge in [-0.25, -0.2) is 0 Å². The average molecular weight is 369 g/mol. The Balaban J connectivity index is 2.38. The van der Waals surface area contributed by atoms with Crippen molar-refractivity contribution in [2.24, 2.45) is 0 Å². The van der Waals surface area contributed by atoms with Gasteiger partial charge in [0.2, 0.25) is 0 Å². The highest BCUT2D eigenvalue weighted by atomic mass is 79.9. The maximum absolute atomic E-state index is 9.34. The summed E-state index contributed by atoms with van der Waals surface area (Å²) in [5.41, 5.74) is 0.557. The second kappa shape index (κ2) is 7.03. The van der Waals surface area contributed by atoms with Crippen molar-refractivity contribution in [1.29, 1.82) is 5.26 Å². The van der Waals surface area contributed by atoms with Gasteiger partial charge in [0.05, 0.1) is 4.47 Å². The van der Waals surface area contributed by atoms with Crippen LogP contribution >= 0.6 is 39.3 Å². The van der Waals surface area contributed by atoms with Gasteiger partial charge >= 0.3 is 0 Å². The molecule has 0 unspecified atom stereocenters. The summed E-state index contributed by atoms with van der Waals surface area (Å²) >= 11 is 10.9. The molecular weight excluding hydrogens is 358 g/mol. The SMILES string of the molecule is CCSc1cccc(Oc2ccc(Cl)cc2Br)c1C#N. The van der Waals surface area contributed by atoms with E-state index in [0.29, 0.717) is 22.1 Å². The Morgan fingerprint density at radius 2 is 2.10 bits per heavy atom. The molecule has 0 saturated heterocycles. The predicted octanol–water partition coefficient (Wildman–Crippen LogP) is 5.88. The van der Waals surface area contributed by atoms with E-state index in [-0.39, 0.29) is 0 Å². The molecule has 2 nitrogen and oxygen atoms in total. The minimum absolute atomic E-state index is 0.550. The first-order valence-corrected chi connectivity index (χ1v) is 8.10. The molecule has 0 radical (unpaired) electrons. The van der Waals surface area contributed by atoms with Gasteiger partial charge in [0.1, 0.15) is 23.1 Å². The average Bonchev–Trinajstić information content (AvgIpc) is 2.42. The minimum Gasteiger partial charge on any atom is -0.455 e. The standard InChI is InChI=1S/C15H11BrClNOS/c1-2-20-15-5-3-4-13(11(15)9-18)19-14-7-6-10(17)8-12(14)16/h3-8H,2H2,1H3. The van der Waals surface area contributed by atoms with Crippen LogP contribution in [0.15, 0.2) is 45.8 Å². The zero-order chi connectivity index (χ0) is 14.5. The number of thioether (sulfide) groups is 1.